The van der Waals surface area contributed by atoms with E-state index in [4.69, 9.17) is 20.9 Å². The first-order valence-electron chi connectivity index (χ1n) is 10.3. The Bertz CT molecular complexity index is 1020. The zero-order valence-electron chi connectivity index (χ0n) is 17.7. The molecule has 4 rings (SSSR count). The average Bonchev–Trinajstić information content (AvgIpc) is 3.11. The molecule has 0 unspecified atom stereocenters. The average molecular weight is 441 g/mol. The van der Waals surface area contributed by atoms with Gasteiger partial charge in [0.15, 0.2) is 0 Å². The van der Waals surface area contributed by atoms with Crippen LogP contribution in [-0.4, -0.2) is 47.1 Å². The van der Waals surface area contributed by atoms with Crippen molar-refractivity contribution in [1.29, 1.82) is 0 Å². The third-order valence-corrected chi connectivity index (χ3v) is 5.81. The topological polar surface area (TPSA) is 71.7 Å². The van der Waals surface area contributed by atoms with Crippen molar-refractivity contribution in [3.63, 3.8) is 0 Å². The lowest BCUT2D eigenvalue weighted by atomic mass is 10.1. The number of nitrogens with zero attached hydrogens (tertiary/aromatic N) is 4. The van der Waals surface area contributed by atoms with E-state index in [-0.39, 0.29) is 5.91 Å². The van der Waals surface area contributed by atoms with Gasteiger partial charge in [-0.2, -0.15) is 0 Å². The lowest BCUT2D eigenvalue weighted by molar-refractivity contribution is -0.130. The Morgan fingerprint density at radius 1 is 1.13 bits per heavy atom. The number of ether oxygens (including phenoxy) is 1. The van der Waals surface area contributed by atoms with Gasteiger partial charge in [0.1, 0.15) is 23.9 Å². The van der Waals surface area contributed by atoms with Gasteiger partial charge in [-0.1, -0.05) is 28.9 Å². The van der Waals surface area contributed by atoms with Gasteiger partial charge in [-0.3, -0.25) is 4.79 Å². The number of carbonyl (C=O) groups is 1. The molecule has 3 heterocycles. The van der Waals surface area contributed by atoms with Crippen molar-refractivity contribution in [3.8, 4) is 5.75 Å². The van der Waals surface area contributed by atoms with Crippen LogP contribution in [0.5, 0.6) is 5.75 Å². The van der Waals surface area contributed by atoms with Crippen LogP contribution in [0.25, 0.3) is 0 Å². The van der Waals surface area contributed by atoms with E-state index in [9.17, 15) is 4.79 Å². The molecule has 0 spiro atoms. The second kappa shape index (κ2) is 9.39. The molecule has 2 aromatic heterocycles. The molecule has 8 heteroatoms. The number of hydrogen-bond acceptors (Lipinski definition) is 6. The van der Waals surface area contributed by atoms with Gasteiger partial charge in [0.25, 0.3) is 0 Å². The van der Waals surface area contributed by atoms with Crippen LogP contribution in [0.1, 0.15) is 22.6 Å². The first kappa shape index (κ1) is 21.2. The van der Waals surface area contributed by atoms with E-state index in [1.165, 1.54) is 0 Å². The number of amides is 1. The van der Waals surface area contributed by atoms with Crippen LogP contribution in [0.3, 0.4) is 0 Å². The Morgan fingerprint density at radius 3 is 2.52 bits per heavy atom. The maximum Gasteiger partial charge on any atom is 0.227 e. The molecule has 1 aliphatic rings. The highest BCUT2D eigenvalue weighted by atomic mass is 35.5. The van der Waals surface area contributed by atoms with Crippen LogP contribution >= 0.6 is 11.6 Å². The maximum atomic E-state index is 12.7. The van der Waals surface area contributed by atoms with Gasteiger partial charge in [-0.05, 0) is 43.7 Å². The molecule has 1 amide bonds. The van der Waals surface area contributed by atoms with Gasteiger partial charge in [0.05, 0.1) is 22.7 Å². The minimum Gasteiger partial charge on any atom is -0.489 e. The van der Waals surface area contributed by atoms with E-state index < -0.39 is 0 Å². The number of carbonyl (C=O) groups excluding carboxylic acids is 1. The smallest absolute Gasteiger partial charge is 0.227 e. The van der Waals surface area contributed by atoms with Crippen molar-refractivity contribution in [2.75, 3.05) is 31.1 Å². The maximum absolute atomic E-state index is 12.7. The van der Waals surface area contributed by atoms with E-state index in [1.54, 1.807) is 6.20 Å². The lowest BCUT2D eigenvalue weighted by Gasteiger charge is -2.35. The first-order chi connectivity index (χ1) is 15.0. The van der Waals surface area contributed by atoms with Crippen LogP contribution in [0.15, 0.2) is 47.1 Å². The molecular weight excluding hydrogens is 416 g/mol. The normalized spacial score (nSPS) is 14.0. The summed E-state index contributed by atoms with van der Waals surface area (Å²) >= 11 is 6.24. The zero-order chi connectivity index (χ0) is 21.8. The Balaban J connectivity index is 1.28. The number of aryl methyl sites for hydroxylation is 2. The standard InChI is InChI=1S/C23H25ClN4O3/c1-16-20(17(2)31-26-16)15-30-19-7-5-18(6-8-19)14-22(29)27-10-12-28(13-11-27)23-21(24)4-3-9-25-23/h3-9H,10-15H2,1-2H3. The molecule has 0 bridgehead atoms. The number of rotatable bonds is 6. The largest absolute Gasteiger partial charge is 0.489 e. The summed E-state index contributed by atoms with van der Waals surface area (Å²) in [5.74, 6) is 2.42. The van der Waals surface area contributed by atoms with Crippen molar-refractivity contribution in [2.45, 2.75) is 26.9 Å². The Morgan fingerprint density at radius 2 is 1.87 bits per heavy atom. The summed E-state index contributed by atoms with van der Waals surface area (Å²) < 4.78 is 11.0. The van der Waals surface area contributed by atoms with Gasteiger partial charge in [-0.25, -0.2) is 4.98 Å². The second-order valence-electron chi connectivity index (χ2n) is 7.59. The number of hydrogen-bond donors (Lipinski definition) is 0. The van der Waals surface area contributed by atoms with Gasteiger partial charge in [0.2, 0.25) is 5.91 Å². The summed E-state index contributed by atoms with van der Waals surface area (Å²) in [5, 5.41) is 4.57. The summed E-state index contributed by atoms with van der Waals surface area (Å²) in [5.41, 5.74) is 2.76. The van der Waals surface area contributed by atoms with Crippen LogP contribution in [0, 0.1) is 13.8 Å². The molecule has 0 radical (unpaired) electrons. The summed E-state index contributed by atoms with van der Waals surface area (Å²) in [6, 6.07) is 11.3. The van der Waals surface area contributed by atoms with E-state index >= 15 is 0 Å². The van der Waals surface area contributed by atoms with Gasteiger partial charge >= 0.3 is 0 Å². The third kappa shape index (κ3) is 4.99. The summed E-state index contributed by atoms with van der Waals surface area (Å²) in [7, 11) is 0. The molecule has 0 N–H and O–H groups in total. The zero-order valence-corrected chi connectivity index (χ0v) is 18.4. The molecule has 7 nitrogen and oxygen atoms in total. The molecule has 1 aromatic carbocycles. The Kier molecular flexibility index (Phi) is 6.42. The van der Waals surface area contributed by atoms with Crippen molar-refractivity contribution in [2.24, 2.45) is 0 Å². The number of piperazine rings is 1. The van der Waals surface area contributed by atoms with Crippen molar-refractivity contribution < 1.29 is 14.1 Å². The van der Waals surface area contributed by atoms with Crippen molar-refractivity contribution in [3.05, 3.63) is 70.2 Å². The number of pyridine rings is 1. The molecule has 0 saturated carbocycles. The molecule has 3 aromatic rings. The third-order valence-electron chi connectivity index (χ3n) is 5.51. The highest BCUT2D eigenvalue weighted by molar-refractivity contribution is 6.32. The monoisotopic (exact) mass is 440 g/mol. The van der Waals surface area contributed by atoms with E-state index in [2.05, 4.69) is 15.0 Å². The first-order valence-corrected chi connectivity index (χ1v) is 10.7. The van der Waals surface area contributed by atoms with Gasteiger partial charge in [-0.15, -0.1) is 0 Å². The fourth-order valence-corrected chi connectivity index (χ4v) is 3.87. The second-order valence-corrected chi connectivity index (χ2v) is 8.00. The minimum atomic E-state index is 0.121. The molecule has 0 atom stereocenters. The van der Waals surface area contributed by atoms with Crippen molar-refractivity contribution in [1.82, 2.24) is 15.0 Å². The van der Waals surface area contributed by atoms with Crippen LogP contribution in [0.2, 0.25) is 5.02 Å². The van der Waals surface area contributed by atoms with Crippen molar-refractivity contribution >= 4 is 23.3 Å². The summed E-state index contributed by atoms with van der Waals surface area (Å²) in [6.07, 6.45) is 2.11. The number of anilines is 1. The lowest BCUT2D eigenvalue weighted by Crippen LogP contribution is -2.49. The molecule has 1 aliphatic heterocycles. The molecule has 1 fully saturated rings. The van der Waals surface area contributed by atoms with Crippen LogP contribution in [-0.2, 0) is 17.8 Å². The SMILES string of the molecule is Cc1noc(C)c1COc1ccc(CC(=O)N2CCN(c3ncccc3Cl)CC2)cc1. The number of aromatic nitrogens is 2. The van der Waals surface area contributed by atoms with Crippen LogP contribution < -0.4 is 9.64 Å². The van der Waals surface area contributed by atoms with Crippen LogP contribution in [0.4, 0.5) is 5.82 Å². The van der Waals surface area contributed by atoms with E-state index in [0.717, 1.165) is 47.2 Å². The molecule has 162 valence electrons. The minimum absolute atomic E-state index is 0.121. The quantitative estimate of drug-likeness (QED) is 0.580. The summed E-state index contributed by atoms with van der Waals surface area (Å²) in [6.45, 7) is 6.93. The van der Waals surface area contributed by atoms with E-state index in [0.29, 0.717) is 31.1 Å². The fraction of sp³-hybridized carbons (Fsp3) is 0.348. The Labute approximate surface area is 186 Å². The highest BCUT2D eigenvalue weighted by Crippen LogP contribution is 2.23. The van der Waals surface area contributed by atoms with Gasteiger partial charge < -0.3 is 19.1 Å². The number of halogens is 1. The molecule has 1 saturated heterocycles. The molecule has 31 heavy (non-hydrogen) atoms. The summed E-state index contributed by atoms with van der Waals surface area (Å²) in [4.78, 5) is 21.1. The predicted octanol–water partition coefficient (Wildman–Crippen LogP) is 3.81. The van der Waals surface area contributed by atoms with Gasteiger partial charge in [0, 0.05) is 32.4 Å². The molecular formula is C23H25ClN4O3. The number of benzene rings is 1. The van der Waals surface area contributed by atoms with E-state index in [1.807, 2.05) is 55.1 Å². The Hall–Kier alpha value is -3.06. The fourth-order valence-electron chi connectivity index (χ4n) is 3.63. The predicted molar refractivity (Wildman–Crippen MR) is 118 cm³/mol. The molecule has 0 aliphatic carbocycles. The highest BCUT2D eigenvalue weighted by Gasteiger charge is 2.23.